The van der Waals surface area contributed by atoms with Crippen molar-refractivity contribution >= 4 is 11.6 Å². The minimum Gasteiger partial charge on any atom is -1.00 e. The van der Waals surface area contributed by atoms with Gasteiger partial charge in [-0.05, 0) is 69.9 Å². The molecule has 0 radical (unpaired) electrons. The number of ketones is 2. The molecule has 4 aliphatic rings. The zero-order valence-electron chi connectivity index (χ0n) is 30.9. The molecule has 0 aliphatic carbocycles. The van der Waals surface area contributed by atoms with Gasteiger partial charge in [-0.25, -0.2) is 4.57 Å². The van der Waals surface area contributed by atoms with E-state index >= 15 is 0 Å². The molecule has 1 aromatic rings. The zero-order chi connectivity index (χ0) is 33.4. The zero-order valence-corrected chi connectivity index (χ0v) is 31.6. The first-order valence-corrected chi connectivity index (χ1v) is 18.5. The van der Waals surface area contributed by atoms with E-state index < -0.39 is 0 Å². The minimum absolute atomic E-state index is 0. The molecule has 0 amide bonds. The van der Waals surface area contributed by atoms with E-state index in [0.717, 1.165) is 69.7 Å². The van der Waals surface area contributed by atoms with Crippen molar-refractivity contribution in [2.75, 3.05) is 39.4 Å². The fourth-order valence-corrected chi connectivity index (χ4v) is 7.41. The molecule has 4 aliphatic heterocycles. The van der Waals surface area contributed by atoms with Gasteiger partial charge in [0.15, 0.2) is 17.7 Å². The number of aromatic nitrogens is 1. The summed E-state index contributed by atoms with van der Waals surface area (Å²) >= 11 is 0. The van der Waals surface area contributed by atoms with E-state index in [1.54, 1.807) is 0 Å². The highest BCUT2D eigenvalue weighted by atomic mass is 35.5. The maximum atomic E-state index is 11.6. The summed E-state index contributed by atoms with van der Waals surface area (Å²) in [7, 11) is 2.11. The lowest BCUT2D eigenvalue weighted by Gasteiger charge is -2.31. The Kier molecular flexibility index (Phi) is 21.4. The van der Waals surface area contributed by atoms with Crippen LogP contribution in [0.25, 0.3) is 0 Å². The van der Waals surface area contributed by atoms with Crippen LogP contribution in [0, 0.1) is 23.7 Å². The van der Waals surface area contributed by atoms with Crippen LogP contribution in [-0.2, 0) is 34.2 Å². The van der Waals surface area contributed by atoms with Crippen LogP contribution < -0.4 is 27.6 Å². The number of pyridine rings is 1. The number of Topliss-reactive ketones (excluding diaryl/α,β-unsaturated/α-hetero) is 2. The Morgan fingerprint density at radius 2 is 1.39 bits per heavy atom. The monoisotopic (exact) mass is 665 g/mol. The molecule has 0 aromatic carbocycles. The Bertz CT molecular complexity index is 978. The summed E-state index contributed by atoms with van der Waals surface area (Å²) in [5.41, 5.74) is 2.80. The summed E-state index contributed by atoms with van der Waals surface area (Å²) in [5, 5.41) is 6.42. The van der Waals surface area contributed by atoms with Gasteiger partial charge in [0.25, 0.3) is 0 Å². The van der Waals surface area contributed by atoms with Gasteiger partial charge in [-0.1, -0.05) is 55.4 Å². The number of hydrogen-bond acceptors (Lipinski definition) is 6. The third-order valence-corrected chi connectivity index (χ3v) is 10.5. The van der Waals surface area contributed by atoms with Crippen molar-refractivity contribution in [3.8, 4) is 0 Å². The molecule has 6 atom stereocenters. The summed E-state index contributed by atoms with van der Waals surface area (Å²) in [5.74, 6) is 2.55. The Labute approximate surface area is 288 Å². The first-order chi connectivity index (χ1) is 21.7. The molecule has 8 heteroatoms. The Morgan fingerprint density at radius 3 is 1.83 bits per heavy atom. The number of rotatable bonds is 9. The summed E-state index contributed by atoms with van der Waals surface area (Å²) in [6.45, 7) is 22.4. The number of nitrogens with zero attached hydrogens (tertiary/aromatic N) is 2. The topological polar surface area (TPSA) is 74.6 Å². The molecular formula is C38H69ClN4O3. The number of hydrogen-bond donors (Lipinski definition) is 2. The summed E-state index contributed by atoms with van der Waals surface area (Å²) in [6.07, 6.45) is 13.0. The van der Waals surface area contributed by atoms with E-state index in [0.29, 0.717) is 24.8 Å². The Balaban J connectivity index is 0.000000305. The van der Waals surface area contributed by atoms with Crippen molar-refractivity contribution in [2.24, 2.45) is 30.7 Å². The molecular weight excluding hydrogens is 596 g/mol. The largest absolute Gasteiger partial charge is 1.00 e. The number of carbonyl (C=O) groups is 2. The summed E-state index contributed by atoms with van der Waals surface area (Å²) < 4.78 is 7.53. The normalized spacial score (nSPS) is 29.8. The predicted octanol–water partition coefficient (Wildman–Crippen LogP) is 2.71. The van der Waals surface area contributed by atoms with E-state index in [-0.39, 0.29) is 36.2 Å². The molecule has 5 heterocycles. The molecule has 266 valence electrons. The lowest BCUT2D eigenvalue weighted by molar-refractivity contribution is -0.679. The number of fused-ring (bicyclic) bond motifs is 2. The highest BCUT2D eigenvalue weighted by Gasteiger charge is 2.41. The van der Waals surface area contributed by atoms with Crippen LogP contribution >= 0.6 is 0 Å². The van der Waals surface area contributed by atoms with Crippen molar-refractivity contribution in [1.82, 2.24) is 15.5 Å². The Morgan fingerprint density at radius 1 is 0.804 bits per heavy atom. The van der Waals surface area contributed by atoms with Crippen LogP contribution in [-0.4, -0.2) is 74.0 Å². The molecule has 46 heavy (non-hydrogen) atoms. The fourth-order valence-electron chi connectivity index (χ4n) is 7.41. The molecule has 4 fully saturated rings. The molecule has 2 bridgehead atoms. The van der Waals surface area contributed by atoms with Gasteiger partial charge in [-0.3, -0.25) is 14.5 Å². The number of nitrogens with one attached hydrogen (secondary N) is 2. The predicted molar refractivity (Wildman–Crippen MR) is 186 cm³/mol. The quantitative estimate of drug-likeness (QED) is 0.396. The van der Waals surface area contributed by atoms with E-state index in [1.807, 2.05) is 13.8 Å². The van der Waals surface area contributed by atoms with Gasteiger partial charge in [0, 0.05) is 67.5 Å². The van der Waals surface area contributed by atoms with Crippen LogP contribution in [0.2, 0.25) is 0 Å². The van der Waals surface area contributed by atoms with Crippen LogP contribution in [0.1, 0.15) is 112 Å². The van der Waals surface area contributed by atoms with Crippen molar-refractivity contribution in [3.63, 3.8) is 0 Å². The Hall–Kier alpha value is -1.38. The van der Waals surface area contributed by atoms with Crippen LogP contribution in [0.4, 0.5) is 0 Å². The van der Waals surface area contributed by atoms with Crippen molar-refractivity contribution in [1.29, 1.82) is 0 Å². The van der Waals surface area contributed by atoms with Crippen LogP contribution in [0.5, 0.6) is 0 Å². The van der Waals surface area contributed by atoms with Gasteiger partial charge >= 0.3 is 0 Å². The van der Waals surface area contributed by atoms with Crippen LogP contribution in [0.3, 0.4) is 0 Å². The first-order valence-electron chi connectivity index (χ1n) is 18.5. The van der Waals surface area contributed by atoms with E-state index in [4.69, 9.17) is 4.74 Å². The molecule has 1 aromatic heterocycles. The summed E-state index contributed by atoms with van der Waals surface area (Å²) in [6, 6.07) is 6.24. The van der Waals surface area contributed by atoms with Gasteiger partial charge in [0.2, 0.25) is 0 Å². The number of piperidine rings is 2. The molecule has 6 unspecified atom stereocenters. The highest BCUT2D eigenvalue weighted by Crippen LogP contribution is 2.39. The average molecular weight is 665 g/mol. The standard InChI is InChI=1S/C10H19N.C10H16N.C9H17NO2.C9H17NO.ClH/c1-3-9-5-8-6-10(4-2)11(9)7-8;1-4-9-6-7-10(5-2)11(3)8-9;1-3-7-5-12-6-8(9(7)11)10-4-2;1-3-7-5-10-6-8(4-2)9(7)11;/h8-10H,3-7H2,1-2H3;6-8H,4-5H2,1-3H3;7-8,10H,3-6H2,1-2H3;7-8,10H,3-6H2,1-2H3;1H/q;+1;;;/p-1. The lowest BCUT2D eigenvalue weighted by atomic mass is 9.86. The van der Waals surface area contributed by atoms with E-state index in [1.165, 1.54) is 43.5 Å². The van der Waals surface area contributed by atoms with Crippen molar-refractivity contribution in [3.05, 3.63) is 29.6 Å². The second-order valence-electron chi connectivity index (χ2n) is 13.4. The van der Waals surface area contributed by atoms with E-state index in [9.17, 15) is 9.59 Å². The number of aryl methyl sites for hydroxylation is 3. The third kappa shape index (κ3) is 12.6. The summed E-state index contributed by atoms with van der Waals surface area (Å²) in [4.78, 5) is 25.9. The molecule has 7 nitrogen and oxygen atoms in total. The number of halogens is 1. The third-order valence-electron chi connectivity index (χ3n) is 10.5. The first kappa shape index (κ1) is 42.6. The number of ether oxygens (including phenoxy) is 1. The van der Waals surface area contributed by atoms with Crippen molar-refractivity contribution < 1.29 is 31.3 Å². The minimum atomic E-state index is -0.0614. The highest BCUT2D eigenvalue weighted by molar-refractivity contribution is 5.87. The van der Waals surface area contributed by atoms with Gasteiger partial charge in [-0.2, -0.15) is 0 Å². The number of carbonyl (C=O) groups excluding carboxylic acids is 2. The molecule has 2 N–H and O–H groups in total. The fraction of sp³-hybridized carbons (Fsp3) is 0.816. The van der Waals surface area contributed by atoms with Gasteiger partial charge in [0.1, 0.15) is 12.8 Å². The number of likely N-dealkylation sites (N-methyl/N-ethyl adjacent to an activating group) is 1. The SMILES string of the molecule is CCC1CC2CC(CC)N1C2.CCC1CNCC(CC)C1=O.CCNC1COCC(CC)C1=O.CCc1ccc(CC)[n+](C)c1.[Cl-]. The smallest absolute Gasteiger partial charge is 0.180 e. The lowest BCUT2D eigenvalue weighted by Crippen LogP contribution is -3.00. The molecule has 5 rings (SSSR count). The second kappa shape index (κ2) is 23.1. The van der Waals surface area contributed by atoms with Crippen LogP contribution in [0.15, 0.2) is 18.3 Å². The maximum Gasteiger partial charge on any atom is 0.180 e. The molecule has 0 saturated carbocycles. The maximum absolute atomic E-state index is 11.6. The van der Waals surface area contributed by atoms with E-state index in [2.05, 4.69) is 87.0 Å². The van der Waals surface area contributed by atoms with Gasteiger partial charge in [-0.15, -0.1) is 0 Å². The molecule has 4 saturated heterocycles. The molecule has 0 spiro atoms. The van der Waals surface area contributed by atoms with Gasteiger partial charge in [0.05, 0.1) is 19.3 Å². The average Bonchev–Trinajstić information content (AvgIpc) is 3.68. The van der Waals surface area contributed by atoms with Crippen molar-refractivity contribution in [2.45, 2.75) is 131 Å². The van der Waals surface area contributed by atoms with Gasteiger partial charge < -0.3 is 27.8 Å². The second-order valence-corrected chi connectivity index (χ2v) is 13.4.